The summed E-state index contributed by atoms with van der Waals surface area (Å²) < 4.78 is 0. The zero-order valence-electron chi connectivity index (χ0n) is 16.3. The number of carbonyl (C=O) groups excluding carboxylic acids is 2. The first-order valence-corrected chi connectivity index (χ1v) is 10.9. The fourth-order valence-electron chi connectivity index (χ4n) is 3.64. The van der Waals surface area contributed by atoms with Crippen molar-refractivity contribution in [1.29, 1.82) is 0 Å². The average molecular weight is 438 g/mol. The van der Waals surface area contributed by atoms with E-state index >= 15 is 0 Å². The SMILES string of the molecule is Cc1ccc(N2C(=O)C(O)=C(C(=O)CCc3ccccc3)C2c2cccs2)cc1Cl. The number of amides is 1. The number of hydrogen-bond acceptors (Lipinski definition) is 4. The monoisotopic (exact) mass is 437 g/mol. The van der Waals surface area contributed by atoms with Crippen molar-refractivity contribution in [2.75, 3.05) is 4.90 Å². The zero-order valence-corrected chi connectivity index (χ0v) is 17.9. The van der Waals surface area contributed by atoms with Crippen LogP contribution in [0.4, 0.5) is 5.69 Å². The Balaban J connectivity index is 1.70. The number of anilines is 1. The average Bonchev–Trinajstić information content (AvgIpc) is 3.36. The molecular formula is C24H20ClNO3S. The second-order valence-electron chi connectivity index (χ2n) is 7.20. The molecule has 0 fully saturated rings. The van der Waals surface area contributed by atoms with Gasteiger partial charge >= 0.3 is 0 Å². The van der Waals surface area contributed by atoms with Crippen LogP contribution in [-0.2, 0) is 16.0 Å². The van der Waals surface area contributed by atoms with E-state index in [1.165, 1.54) is 16.2 Å². The molecule has 1 amide bonds. The summed E-state index contributed by atoms with van der Waals surface area (Å²) in [5.74, 6) is -1.30. The van der Waals surface area contributed by atoms with E-state index < -0.39 is 17.7 Å². The van der Waals surface area contributed by atoms with Gasteiger partial charge in [0.25, 0.3) is 5.91 Å². The van der Waals surface area contributed by atoms with E-state index in [1.54, 1.807) is 12.1 Å². The molecule has 1 aromatic heterocycles. The second-order valence-corrected chi connectivity index (χ2v) is 8.58. The number of aliphatic hydroxyl groups is 1. The molecule has 1 N–H and O–H groups in total. The molecule has 2 heterocycles. The van der Waals surface area contributed by atoms with Crippen molar-refractivity contribution in [3.63, 3.8) is 0 Å². The molecule has 1 unspecified atom stereocenters. The van der Waals surface area contributed by atoms with Gasteiger partial charge in [0.15, 0.2) is 11.5 Å². The number of Topliss-reactive ketones (excluding diaryl/α,β-unsaturated/α-hetero) is 1. The Morgan fingerprint density at radius 1 is 1.13 bits per heavy atom. The summed E-state index contributed by atoms with van der Waals surface area (Å²) in [6, 6.07) is 18.1. The third kappa shape index (κ3) is 3.78. The lowest BCUT2D eigenvalue weighted by molar-refractivity contribution is -0.118. The molecular weight excluding hydrogens is 418 g/mol. The third-order valence-electron chi connectivity index (χ3n) is 5.24. The van der Waals surface area contributed by atoms with Crippen LogP contribution < -0.4 is 4.90 Å². The molecule has 6 heteroatoms. The number of hydrogen-bond donors (Lipinski definition) is 1. The van der Waals surface area contributed by atoms with Crippen molar-refractivity contribution >= 4 is 40.3 Å². The normalized spacial score (nSPS) is 16.4. The summed E-state index contributed by atoms with van der Waals surface area (Å²) in [6.45, 7) is 1.88. The van der Waals surface area contributed by atoms with Crippen molar-refractivity contribution in [2.45, 2.75) is 25.8 Å². The highest BCUT2D eigenvalue weighted by Gasteiger charge is 2.44. The summed E-state index contributed by atoms with van der Waals surface area (Å²) in [6.07, 6.45) is 0.749. The lowest BCUT2D eigenvalue weighted by Crippen LogP contribution is -2.30. The predicted octanol–water partition coefficient (Wildman–Crippen LogP) is 5.81. The van der Waals surface area contributed by atoms with Crippen molar-refractivity contribution in [1.82, 2.24) is 0 Å². The molecule has 3 aromatic rings. The highest BCUT2D eigenvalue weighted by atomic mass is 35.5. The predicted molar refractivity (Wildman–Crippen MR) is 120 cm³/mol. The molecule has 1 aliphatic heterocycles. The molecule has 30 heavy (non-hydrogen) atoms. The number of ketones is 1. The highest BCUT2D eigenvalue weighted by molar-refractivity contribution is 7.10. The molecule has 4 nitrogen and oxygen atoms in total. The number of thiophene rings is 1. The van der Waals surface area contributed by atoms with Crippen LogP contribution in [0.15, 0.2) is 77.4 Å². The molecule has 0 saturated carbocycles. The molecule has 1 aliphatic rings. The number of aryl methyl sites for hydroxylation is 2. The summed E-state index contributed by atoms with van der Waals surface area (Å²) in [5.41, 5.74) is 2.61. The van der Waals surface area contributed by atoms with E-state index in [2.05, 4.69) is 0 Å². The molecule has 0 radical (unpaired) electrons. The molecule has 2 aromatic carbocycles. The van der Waals surface area contributed by atoms with Crippen molar-refractivity contribution < 1.29 is 14.7 Å². The third-order valence-corrected chi connectivity index (χ3v) is 6.57. The van der Waals surface area contributed by atoms with E-state index in [9.17, 15) is 14.7 Å². The number of carbonyl (C=O) groups is 2. The van der Waals surface area contributed by atoms with Gasteiger partial charge in [0, 0.05) is 22.0 Å². The first-order valence-electron chi connectivity index (χ1n) is 9.60. The largest absolute Gasteiger partial charge is 0.503 e. The van der Waals surface area contributed by atoms with Crippen LogP contribution in [0.2, 0.25) is 5.02 Å². The molecule has 152 valence electrons. The molecule has 1 atom stereocenters. The molecule has 0 spiro atoms. The highest BCUT2D eigenvalue weighted by Crippen LogP contribution is 2.43. The maximum Gasteiger partial charge on any atom is 0.294 e. The van der Waals surface area contributed by atoms with Crippen LogP contribution in [0.1, 0.15) is 28.5 Å². The first kappa shape index (κ1) is 20.4. The summed E-state index contributed by atoms with van der Waals surface area (Å²) in [5, 5.41) is 13.1. The number of halogens is 1. The van der Waals surface area contributed by atoms with Gasteiger partial charge in [-0.25, -0.2) is 0 Å². The van der Waals surface area contributed by atoms with Gasteiger partial charge in [-0.05, 0) is 48.1 Å². The Hall–Kier alpha value is -2.89. The van der Waals surface area contributed by atoms with Gasteiger partial charge in [-0.3, -0.25) is 14.5 Å². The van der Waals surface area contributed by atoms with Crippen LogP contribution in [0, 0.1) is 6.92 Å². The molecule has 0 bridgehead atoms. The Bertz CT molecular complexity index is 1120. The van der Waals surface area contributed by atoms with Crippen LogP contribution in [0.3, 0.4) is 0 Å². The smallest absolute Gasteiger partial charge is 0.294 e. The Kier molecular flexibility index (Phi) is 5.75. The van der Waals surface area contributed by atoms with Crippen LogP contribution in [0.5, 0.6) is 0 Å². The number of rotatable bonds is 6. The number of benzene rings is 2. The lowest BCUT2D eigenvalue weighted by Gasteiger charge is -2.26. The van der Waals surface area contributed by atoms with Crippen LogP contribution >= 0.6 is 22.9 Å². The fourth-order valence-corrected chi connectivity index (χ4v) is 4.64. The van der Waals surface area contributed by atoms with Gasteiger partial charge < -0.3 is 5.11 Å². The Labute approximate surface area is 184 Å². The standard InChI is InChI=1S/C24H20ClNO3S/c1-15-9-11-17(14-18(15)25)26-22(20-8-5-13-30-20)21(23(28)24(26)29)19(27)12-10-16-6-3-2-4-7-16/h2-9,11,13-14,22,28H,10,12H2,1H3. The van der Waals surface area contributed by atoms with E-state index in [0.717, 1.165) is 16.0 Å². The van der Waals surface area contributed by atoms with Gasteiger partial charge in [0.05, 0.1) is 5.57 Å². The Morgan fingerprint density at radius 2 is 1.90 bits per heavy atom. The molecule has 0 saturated heterocycles. The van der Waals surface area contributed by atoms with E-state index in [-0.39, 0.29) is 17.8 Å². The fraction of sp³-hybridized carbons (Fsp3) is 0.167. The molecule has 4 rings (SSSR count). The summed E-state index contributed by atoms with van der Waals surface area (Å²) >= 11 is 7.73. The van der Waals surface area contributed by atoms with E-state index in [1.807, 2.05) is 60.8 Å². The van der Waals surface area contributed by atoms with Gasteiger partial charge in [-0.1, -0.05) is 54.1 Å². The van der Waals surface area contributed by atoms with Gasteiger partial charge in [-0.2, -0.15) is 0 Å². The zero-order chi connectivity index (χ0) is 21.3. The topological polar surface area (TPSA) is 57.6 Å². The maximum absolute atomic E-state index is 13.2. The van der Waals surface area contributed by atoms with Gasteiger partial charge in [-0.15, -0.1) is 11.3 Å². The van der Waals surface area contributed by atoms with Crippen LogP contribution in [-0.4, -0.2) is 16.8 Å². The minimum atomic E-state index is -0.667. The summed E-state index contributed by atoms with van der Waals surface area (Å²) in [7, 11) is 0. The minimum Gasteiger partial charge on any atom is -0.503 e. The van der Waals surface area contributed by atoms with Gasteiger partial charge in [0.2, 0.25) is 0 Å². The first-order chi connectivity index (χ1) is 14.5. The van der Waals surface area contributed by atoms with Crippen molar-refractivity contribution in [3.8, 4) is 0 Å². The van der Waals surface area contributed by atoms with Crippen molar-refractivity contribution in [2.24, 2.45) is 0 Å². The number of nitrogens with zero attached hydrogens (tertiary/aromatic N) is 1. The second kappa shape index (κ2) is 8.46. The van der Waals surface area contributed by atoms with Gasteiger partial charge in [0.1, 0.15) is 6.04 Å². The molecule has 0 aliphatic carbocycles. The number of aliphatic hydroxyl groups excluding tert-OH is 1. The Morgan fingerprint density at radius 3 is 2.57 bits per heavy atom. The van der Waals surface area contributed by atoms with Crippen molar-refractivity contribution in [3.05, 3.63) is 98.4 Å². The van der Waals surface area contributed by atoms with E-state index in [4.69, 9.17) is 11.6 Å². The quantitative estimate of drug-likeness (QED) is 0.529. The van der Waals surface area contributed by atoms with E-state index in [0.29, 0.717) is 17.1 Å². The summed E-state index contributed by atoms with van der Waals surface area (Å²) in [4.78, 5) is 28.5. The lowest BCUT2D eigenvalue weighted by atomic mass is 9.97. The maximum atomic E-state index is 13.2. The minimum absolute atomic E-state index is 0.148. The van der Waals surface area contributed by atoms with Crippen LogP contribution in [0.25, 0.3) is 0 Å².